The molecular formula is C18H18ClN3O3. The number of carbonyl (C=O) groups is 2. The maximum atomic E-state index is 12.1. The van der Waals surface area contributed by atoms with E-state index in [1.165, 1.54) is 7.11 Å². The fourth-order valence-electron chi connectivity index (χ4n) is 2.03. The van der Waals surface area contributed by atoms with Crippen LogP contribution in [0.15, 0.2) is 53.6 Å². The summed E-state index contributed by atoms with van der Waals surface area (Å²) in [6, 6.07) is 13.5. The highest BCUT2D eigenvalue weighted by Crippen LogP contribution is 2.23. The summed E-state index contributed by atoms with van der Waals surface area (Å²) < 4.78 is 5.18. The molecule has 2 aromatic rings. The average Bonchev–Trinajstić information content (AvgIpc) is 2.60. The van der Waals surface area contributed by atoms with Crippen molar-refractivity contribution < 1.29 is 14.3 Å². The number of anilines is 1. The summed E-state index contributed by atoms with van der Waals surface area (Å²) in [7, 11) is 1.53. The van der Waals surface area contributed by atoms with E-state index >= 15 is 0 Å². The topological polar surface area (TPSA) is 79.8 Å². The van der Waals surface area contributed by atoms with Crippen molar-refractivity contribution in [3.63, 3.8) is 0 Å². The summed E-state index contributed by atoms with van der Waals surface area (Å²) in [6.07, 6.45) is 0.0406. The molecule has 0 bridgehead atoms. The van der Waals surface area contributed by atoms with E-state index in [4.69, 9.17) is 16.3 Å². The van der Waals surface area contributed by atoms with Gasteiger partial charge in [-0.3, -0.25) is 9.59 Å². The van der Waals surface area contributed by atoms with E-state index in [9.17, 15) is 9.59 Å². The Morgan fingerprint density at radius 1 is 1.12 bits per heavy atom. The Labute approximate surface area is 150 Å². The molecule has 0 spiro atoms. The number of hydrazone groups is 1. The minimum Gasteiger partial charge on any atom is -0.495 e. The first kappa shape index (κ1) is 18.5. The first-order chi connectivity index (χ1) is 12.0. The fraction of sp³-hybridized carbons (Fsp3) is 0.167. The molecule has 0 radical (unpaired) electrons. The second kappa shape index (κ2) is 8.84. The number of carbonyl (C=O) groups excluding carboxylic acids is 2. The molecule has 0 unspecified atom stereocenters. The van der Waals surface area contributed by atoms with Gasteiger partial charge in [0.05, 0.1) is 19.2 Å². The molecule has 2 rings (SSSR count). The summed E-state index contributed by atoms with van der Waals surface area (Å²) in [5.74, 6) is -0.0610. The van der Waals surface area contributed by atoms with Crippen molar-refractivity contribution in [3.05, 3.63) is 59.1 Å². The summed E-state index contributed by atoms with van der Waals surface area (Å²) in [6.45, 7) is 1.66. The number of nitrogens with zero attached hydrogens (tertiary/aromatic N) is 1. The van der Waals surface area contributed by atoms with E-state index in [-0.39, 0.29) is 18.2 Å². The number of halogens is 1. The summed E-state index contributed by atoms with van der Waals surface area (Å²) >= 11 is 5.78. The van der Waals surface area contributed by atoms with E-state index < -0.39 is 0 Å². The molecule has 0 heterocycles. The number of para-hydroxylation sites is 2. The Morgan fingerprint density at radius 2 is 1.80 bits per heavy atom. The Balaban J connectivity index is 1.90. The van der Waals surface area contributed by atoms with Crippen LogP contribution in [-0.4, -0.2) is 24.6 Å². The second-order valence-corrected chi connectivity index (χ2v) is 5.66. The van der Waals surface area contributed by atoms with Gasteiger partial charge in [0.1, 0.15) is 5.75 Å². The lowest BCUT2D eigenvalue weighted by Crippen LogP contribution is -2.21. The standard InChI is InChI=1S/C18H18ClN3O3/c1-12(21-22-18(24)13-7-9-14(19)10-8-13)11-17(23)20-15-5-3-4-6-16(15)25-2/h3-10H,11H2,1-2H3,(H,20,23)(H,22,24)/b21-12+. The van der Waals surface area contributed by atoms with Gasteiger partial charge in [-0.2, -0.15) is 5.10 Å². The minimum atomic E-state index is -0.374. The highest BCUT2D eigenvalue weighted by Gasteiger charge is 2.09. The third kappa shape index (κ3) is 5.61. The van der Waals surface area contributed by atoms with Gasteiger partial charge in [-0.25, -0.2) is 5.43 Å². The van der Waals surface area contributed by atoms with Crippen molar-refractivity contribution in [2.75, 3.05) is 12.4 Å². The maximum Gasteiger partial charge on any atom is 0.271 e. The van der Waals surface area contributed by atoms with Gasteiger partial charge in [0.25, 0.3) is 5.91 Å². The van der Waals surface area contributed by atoms with Gasteiger partial charge in [0, 0.05) is 16.3 Å². The molecule has 2 N–H and O–H groups in total. The third-order valence-electron chi connectivity index (χ3n) is 3.25. The largest absolute Gasteiger partial charge is 0.495 e. The lowest BCUT2D eigenvalue weighted by molar-refractivity contribution is -0.115. The van der Waals surface area contributed by atoms with Crippen molar-refractivity contribution in [3.8, 4) is 5.75 Å². The fourth-order valence-corrected chi connectivity index (χ4v) is 2.15. The third-order valence-corrected chi connectivity index (χ3v) is 3.50. The van der Waals surface area contributed by atoms with Gasteiger partial charge in [-0.1, -0.05) is 23.7 Å². The van der Waals surface area contributed by atoms with E-state index in [1.54, 1.807) is 49.4 Å². The lowest BCUT2D eigenvalue weighted by Gasteiger charge is -2.09. The zero-order chi connectivity index (χ0) is 18.2. The predicted molar refractivity (Wildman–Crippen MR) is 98.3 cm³/mol. The number of ether oxygens (including phenoxy) is 1. The molecule has 0 saturated heterocycles. The van der Waals surface area contributed by atoms with Crippen molar-refractivity contribution in [1.29, 1.82) is 0 Å². The molecule has 0 saturated carbocycles. The number of nitrogens with one attached hydrogen (secondary N) is 2. The van der Waals surface area contributed by atoms with Crippen molar-refractivity contribution in [1.82, 2.24) is 5.43 Å². The van der Waals surface area contributed by atoms with Crippen LogP contribution in [0.25, 0.3) is 0 Å². The van der Waals surface area contributed by atoms with Crippen LogP contribution in [0.4, 0.5) is 5.69 Å². The number of hydrogen-bond acceptors (Lipinski definition) is 4. The molecule has 130 valence electrons. The Morgan fingerprint density at radius 3 is 2.48 bits per heavy atom. The molecule has 6 nitrogen and oxygen atoms in total. The van der Waals surface area contributed by atoms with E-state index in [0.717, 1.165) is 0 Å². The van der Waals surface area contributed by atoms with Crippen LogP contribution in [0, 0.1) is 0 Å². The van der Waals surface area contributed by atoms with Crippen LogP contribution in [0.1, 0.15) is 23.7 Å². The Bertz CT molecular complexity index is 788. The second-order valence-electron chi connectivity index (χ2n) is 5.22. The summed E-state index contributed by atoms with van der Waals surface area (Å²) in [5.41, 5.74) is 3.89. The normalized spacial score (nSPS) is 10.9. The Kier molecular flexibility index (Phi) is 6.54. The van der Waals surface area contributed by atoms with E-state index in [1.807, 2.05) is 6.07 Å². The summed E-state index contributed by atoms with van der Waals surface area (Å²) in [5, 5.41) is 7.23. The maximum absolute atomic E-state index is 12.1. The van der Waals surface area contributed by atoms with Gasteiger partial charge in [0.15, 0.2) is 0 Å². The van der Waals surface area contributed by atoms with E-state index in [2.05, 4.69) is 15.8 Å². The molecule has 0 atom stereocenters. The van der Waals surface area contributed by atoms with Crippen LogP contribution in [0.3, 0.4) is 0 Å². The Hall–Kier alpha value is -2.86. The van der Waals surface area contributed by atoms with Gasteiger partial charge in [0.2, 0.25) is 5.91 Å². The van der Waals surface area contributed by atoms with Gasteiger partial charge < -0.3 is 10.1 Å². The number of rotatable bonds is 6. The molecular weight excluding hydrogens is 342 g/mol. The number of hydrogen-bond donors (Lipinski definition) is 2. The number of benzene rings is 2. The SMILES string of the molecule is COc1ccccc1NC(=O)C/C(C)=N/NC(=O)c1ccc(Cl)cc1. The molecule has 0 aromatic heterocycles. The molecule has 0 aliphatic carbocycles. The summed E-state index contributed by atoms with van der Waals surface area (Å²) in [4.78, 5) is 24.0. The molecule has 0 fully saturated rings. The first-order valence-electron chi connectivity index (χ1n) is 7.51. The van der Waals surface area contributed by atoms with Gasteiger partial charge in [-0.15, -0.1) is 0 Å². The van der Waals surface area contributed by atoms with Gasteiger partial charge in [-0.05, 0) is 43.3 Å². The first-order valence-corrected chi connectivity index (χ1v) is 7.89. The zero-order valence-corrected chi connectivity index (χ0v) is 14.6. The van der Waals surface area contributed by atoms with Crippen LogP contribution >= 0.6 is 11.6 Å². The predicted octanol–water partition coefficient (Wildman–Crippen LogP) is 3.48. The van der Waals surface area contributed by atoms with Crippen molar-refractivity contribution in [2.24, 2.45) is 5.10 Å². The van der Waals surface area contributed by atoms with Crippen LogP contribution < -0.4 is 15.5 Å². The lowest BCUT2D eigenvalue weighted by atomic mass is 10.2. The van der Waals surface area contributed by atoms with Gasteiger partial charge >= 0.3 is 0 Å². The molecule has 7 heteroatoms. The minimum absolute atomic E-state index is 0.0406. The van der Waals surface area contributed by atoms with Crippen molar-refractivity contribution in [2.45, 2.75) is 13.3 Å². The number of methoxy groups -OCH3 is 1. The number of amides is 2. The van der Waals surface area contributed by atoms with Crippen molar-refractivity contribution >= 4 is 34.8 Å². The molecule has 0 aliphatic rings. The van der Waals surface area contributed by atoms with Crippen LogP contribution in [-0.2, 0) is 4.79 Å². The van der Waals surface area contributed by atoms with Crippen LogP contribution in [0.2, 0.25) is 5.02 Å². The average molecular weight is 360 g/mol. The molecule has 2 aromatic carbocycles. The molecule has 0 aliphatic heterocycles. The molecule has 2 amide bonds. The zero-order valence-electron chi connectivity index (χ0n) is 13.9. The highest BCUT2D eigenvalue weighted by molar-refractivity contribution is 6.30. The van der Waals surface area contributed by atoms with E-state index in [0.29, 0.717) is 27.7 Å². The smallest absolute Gasteiger partial charge is 0.271 e. The molecule has 25 heavy (non-hydrogen) atoms. The monoisotopic (exact) mass is 359 g/mol. The highest BCUT2D eigenvalue weighted by atomic mass is 35.5. The quantitative estimate of drug-likeness (QED) is 0.612. The van der Waals surface area contributed by atoms with Crippen LogP contribution in [0.5, 0.6) is 5.75 Å².